The molecule has 84 valence electrons. The summed E-state index contributed by atoms with van der Waals surface area (Å²) in [6, 6.07) is 3.72. The summed E-state index contributed by atoms with van der Waals surface area (Å²) in [5.41, 5.74) is 6.19. The van der Waals surface area contributed by atoms with Gasteiger partial charge in [-0.2, -0.15) is 5.10 Å². The summed E-state index contributed by atoms with van der Waals surface area (Å²) in [5, 5.41) is 13.7. The first-order valence-corrected chi connectivity index (χ1v) is 4.84. The number of phenolic OH excluding ortho intramolecular Hbond substituents is 1. The molecule has 0 aliphatic rings. The molecule has 0 amide bonds. The monoisotopic (exact) mass is 241 g/mol. The van der Waals surface area contributed by atoms with Crippen LogP contribution in [-0.2, 0) is 7.05 Å². The molecule has 0 atom stereocenters. The van der Waals surface area contributed by atoms with Crippen molar-refractivity contribution in [1.29, 1.82) is 0 Å². The number of nitrogens with zero attached hydrogens (tertiary/aromatic N) is 2. The zero-order valence-electron chi connectivity index (χ0n) is 8.41. The van der Waals surface area contributed by atoms with Crippen molar-refractivity contribution in [3.05, 3.63) is 29.0 Å². The lowest BCUT2D eigenvalue weighted by atomic mass is 10.1. The van der Waals surface area contributed by atoms with Gasteiger partial charge in [0.2, 0.25) is 0 Å². The third-order valence-electron chi connectivity index (χ3n) is 2.22. The van der Waals surface area contributed by atoms with E-state index in [4.69, 9.17) is 17.3 Å². The topological polar surface area (TPSA) is 64.1 Å². The Balaban J connectivity index is 2.63. The lowest BCUT2D eigenvalue weighted by Gasteiger charge is -2.03. The number of aromatic hydroxyl groups is 1. The lowest BCUT2D eigenvalue weighted by molar-refractivity contribution is 0.475. The fourth-order valence-corrected chi connectivity index (χ4v) is 1.58. The molecule has 1 aromatic heterocycles. The number of aromatic nitrogens is 2. The van der Waals surface area contributed by atoms with Gasteiger partial charge in [0, 0.05) is 18.7 Å². The average molecular weight is 242 g/mol. The maximum Gasteiger partial charge on any atom is 0.143 e. The molecule has 16 heavy (non-hydrogen) atoms. The maximum atomic E-state index is 13.1. The van der Waals surface area contributed by atoms with Crippen LogP contribution in [0.2, 0.25) is 5.02 Å². The smallest absolute Gasteiger partial charge is 0.143 e. The molecule has 0 bridgehead atoms. The van der Waals surface area contributed by atoms with E-state index >= 15 is 0 Å². The van der Waals surface area contributed by atoms with Gasteiger partial charge in [-0.3, -0.25) is 4.68 Å². The van der Waals surface area contributed by atoms with E-state index in [0.717, 1.165) is 12.1 Å². The normalized spacial score (nSPS) is 10.7. The number of hydrogen-bond donors (Lipinski definition) is 2. The summed E-state index contributed by atoms with van der Waals surface area (Å²) in [4.78, 5) is 0. The van der Waals surface area contributed by atoms with Gasteiger partial charge in [0.05, 0.1) is 10.7 Å². The van der Waals surface area contributed by atoms with Crippen molar-refractivity contribution in [2.45, 2.75) is 0 Å². The standard InChI is InChI=1S/C10H9ClFN3O/c1-15-9(13)4-8(14-15)6-2-5(12)3-7(11)10(6)16/h2-4,16H,13H2,1H3. The summed E-state index contributed by atoms with van der Waals surface area (Å²) in [6.45, 7) is 0. The highest BCUT2D eigenvalue weighted by atomic mass is 35.5. The van der Waals surface area contributed by atoms with Crippen molar-refractivity contribution < 1.29 is 9.50 Å². The molecule has 1 heterocycles. The van der Waals surface area contributed by atoms with Gasteiger partial charge in [-0.25, -0.2) is 4.39 Å². The van der Waals surface area contributed by atoms with Crippen molar-refractivity contribution in [2.24, 2.45) is 7.05 Å². The second kappa shape index (κ2) is 3.68. The summed E-state index contributed by atoms with van der Waals surface area (Å²) < 4.78 is 14.6. The van der Waals surface area contributed by atoms with Crippen LogP contribution >= 0.6 is 11.6 Å². The van der Waals surface area contributed by atoms with E-state index in [1.165, 1.54) is 10.7 Å². The minimum Gasteiger partial charge on any atom is -0.506 e. The molecule has 0 unspecified atom stereocenters. The summed E-state index contributed by atoms with van der Waals surface area (Å²) in [6.07, 6.45) is 0. The fraction of sp³-hybridized carbons (Fsp3) is 0.100. The average Bonchev–Trinajstić information content (AvgIpc) is 2.53. The van der Waals surface area contributed by atoms with Crippen LogP contribution in [0.3, 0.4) is 0 Å². The quantitative estimate of drug-likeness (QED) is 0.804. The number of rotatable bonds is 1. The zero-order valence-corrected chi connectivity index (χ0v) is 9.16. The Morgan fingerprint density at radius 1 is 1.44 bits per heavy atom. The van der Waals surface area contributed by atoms with Crippen molar-refractivity contribution >= 4 is 17.4 Å². The summed E-state index contributed by atoms with van der Waals surface area (Å²) >= 11 is 5.66. The first-order valence-electron chi connectivity index (χ1n) is 4.47. The number of aryl methyl sites for hydroxylation is 1. The molecule has 1 aromatic carbocycles. The van der Waals surface area contributed by atoms with Gasteiger partial charge in [0.25, 0.3) is 0 Å². The third-order valence-corrected chi connectivity index (χ3v) is 2.51. The summed E-state index contributed by atoms with van der Waals surface area (Å²) in [7, 11) is 1.65. The van der Waals surface area contributed by atoms with Gasteiger partial charge in [0.15, 0.2) is 0 Å². The Hall–Kier alpha value is -1.75. The van der Waals surface area contributed by atoms with E-state index in [2.05, 4.69) is 5.10 Å². The number of nitrogens with two attached hydrogens (primary N) is 1. The number of halogens is 2. The van der Waals surface area contributed by atoms with E-state index < -0.39 is 5.82 Å². The first-order chi connectivity index (χ1) is 7.49. The van der Waals surface area contributed by atoms with Crippen molar-refractivity contribution in [2.75, 3.05) is 5.73 Å². The molecule has 3 N–H and O–H groups in total. The van der Waals surface area contributed by atoms with Gasteiger partial charge in [0.1, 0.15) is 17.4 Å². The van der Waals surface area contributed by atoms with Crippen LogP contribution < -0.4 is 5.73 Å². The molecule has 0 aliphatic carbocycles. The predicted molar refractivity (Wildman–Crippen MR) is 59.7 cm³/mol. The molecule has 6 heteroatoms. The van der Waals surface area contributed by atoms with E-state index in [-0.39, 0.29) is 16.3 Å². The van der Waals surface area contributed by atoms with Crippen molar-refractivity contribution in [3.8, 4) is 17.0 Å². The molecule has 0 saturated heterocycles. The number of benzene rings is 1. The Morgan fingerprint density at radius 2 is 2.12 bits per heavy atom. The molecular weight excluding hydrogens is 233 g/mol. The molecule has 0 fully saturated rings. The van der Waals surface area contributed by atoms with Crippen LogP contribution in [0, 0.1) is 5.82 Å². The minimum absolute atomic E-state index is 0.0563. The zero-order chi connectivity index (χ0) is 11.9. The Kier molecular flexibility index (Phi) is 2.47. The van der Waals surface area contributed by atoms with E-state index in [1.54, 1.807) is 7.05 Å². The van der Waals surface area contributed by atoms with E-state index in [0.29, 0.717) is 11.5 Å². The molecular formula is C10H9ClFN3O. The molecule has 2 rings (SSSR count). The Labute approximate surface area is 96.1 Å². The molecule has 0 spiro atoms. The highest BCUT2D eigenvalue weighted by molar-refractivity contribution is 6.32. The second-order valence-corrected chi connectivity index (χ2v) is 3.77. The van der Waals surface area contributed by atoms with Crippen LogP contribution in [0.1, 0.15) is 0 Å². The third kappa shape index (κ3) is 1.69. The second-order valence-electron chi connectivity index (χ2n) is 3.36. The van der Waals surface area contributed by atoms with Crippen molar-refractivity contribution in [1.82, 2.24) is 9.78 Å². The van der Waals surface area contributed by atoms with Crippen LogP contribution in [-0.4, -0.2) is 14.9 Å². The molecule has 4 nitrogen and oxygen atoms in total. The number of nitrogen functional groups attached to an aromatic ring is 1. The van der Waals surface area contributed by atoms with Gasteiger partial charge >= 0.3 is 0 Å². The Bertz CT molecular complexity index is 534. The summed E-state index contributed by atoms with van der Waals surface area (Å²) in [5.74, 6) is -0.335. The van der Waals surface area contributed by atoms with Crippen LogP contribution in [0.25, 0.3) is 11.3 Å². The number of phenols is 1. The highest BCUT2D eigenvalue weighted by Gasteiger charge is 2.14. The minimum atomic E-state index is -0.540. The number of hydrogen-bond acceptors (Lipinski definition) is 3. The van der Waals surface area contributed by atoms with Gasteiger partial charge in [-0.05, 0) is 12.1 Å². The fourth-order valence-electron chi connectivity index (χ4n) is 1.37. The maximum absolute atomic E-state index is 13.1. The highest BCUT2D eigenvalue weighted by Crippen LogP contribution is 2.35. The molecule has 0 aliphatic heterocycles. The SMILES string of the molecule is Cn1nc(-c2cc(F)cc(Cl)c2O)cc1N. The molecule has 0 saturated carbocycles. The van der Waals surface area contributed by atoms with Gasteiger partial charge in [-0.15, -0.1) is 0 Å². The largest absolute Gasteiger partial charge is 0.506 e. The Morgan fingerprint density at radius 3 is 2.69 bits per heavy atom. The van der Waals surface area contributed by atoms with Crippen LogP contribution in [0.4, 0.5) is 10.2 Å². The van der Waals surface area contributed by atoms with Crippen LogP contribution in [0.15, 0.2) is 18.2 Å². The van der Waals surface area contributed by atoms with Gasteiger partial charge in [-0.1, -0.05) is 11.6 Å². The number of anilines is 1. The van der Waals surface area contributed by atoms with Crippen LogP contribution in [0.5, 0.6) is 5.75 Å². The predicted octanol–water partition coefficient (Wildman–Crippen LogP) is 2.17. The van der Waals surface area contributed by atoms with Gasteiger partial charge < -0.3 is 10.8 Å². The molecule has 2 aromatic rings. The van der Waals surface area contributed by atoms with E-state index in [1.807, 2.05) is 0 Å². The van der Waals surface area contributed by atoms with Crippen molar-refractivity contribution in [3.63, 3.8) is 0 Å². The first kappa shape index (κ1) is 10.8. The van der Waals surface area contributed by atoms with E-state index in [9.17, 15) is 9.50 Å². The lowest BCUT2D eigenvalue weighted by Crippen LogP contribution is -1.96. The molecule has 0 radical (unpaired) electrons.